The van der Waals surface area contributed by atoms with Gasteiger partial charge in [-0.15, -0.1) is 0 Å². The van der Waals surface area contributed by atoms with Crippen LogP contribution in [0.4, 0.5) is 0 Å². The number of rotatable bonds is 6. The normalized spacial score (nSPS) is 20.5. The molecule has 2 heterocycles. The fourth-order valence-electron chi connectivity index (χ4n) is 2.81. The Labute approximate surface area is 127 Å². The van der Waals surface area contributed by atoms with Crippen LogP contribution < -0.4 is 10.5 Å². The number of nitrogens with one attached hydrogen (secondary N) is 1. The van der Waals surface area contributed by atoms with Crippen LogP contribution >= 0.6 is 0 Å². The van der Waals surface area contributed by atoms with E-state index in [0.29, 0.717) is 24.0 Å². The first-order valence-electron chi connectivity index (χ1n) is 7.46. The van der Waals surface area contributed by atoms with Crippen molar-refractivity contribution >= 4 is 10.0 Å². The molecule has 1 atom stereocenters. The third kappa shape index (κ3) is 3.66. The molecule has 0 radical (unpaired) electrons. The van der Waals surface area contributed by atoms with Gasteiger partial charge in [0, 0.05) is 37.1 Å². The molecule has 1 aromatic rings. The minimum atomic E-state index is -3.47. The monoisotopic (exact) mass is 314 g/mol. The van der Waals surface area contributed by atoms with Crippen LogP contribution in [0.15, 0.2) is 17.2 Å². The number of aromatic nitrogens is 1. The van der Waals surface area contributed by atoms with Crippen molar-refractivity contribution in [2.24, 2.45) is 5.73 Å². The molecule has 1 aliphatic rings. The maximum atomic E-state index is 12.4. The fourth-order valence-corrected chi connectivity index (χ4v) is 3.94. The highest BCUT2D eigenvalue weighted by Crippen LogP contribution is 2.19. The SMILES string of the molecule is CC(C)n1cc(S(=O)(=O)NCC2CCCN2C)cc1CN. The Kier molecular flexibility index (Phi) is 5.08. The molecule has 0 aromatic carbocycles. The second-order valence-electron chi connectivity index (χ2n) is 6.00. The van der Waals surface area contributed by atoms with E-state index < -0.39 is 10.0 Å². The smallest absolute Gasteiger partial charge is 0.242 e. The molecule has 3 N–H and O–H groups in total. The predicted octanol–water partition coefficient (Wildman–Crippen LogP) is 0.900. The van der Waals surface area contributed by atoms with E-state index in [9.17, 15) is 8.42 Å². The van der Waals surface area contributed by atoms with Gasteiger partial charge in [0.1, 0.15) is 0 Å². The summed E-state index contributed by atoms with van der Waals surface area (Å²) in [6.45, 7) is 5.85. The molecule has 1 unspecified atom stereocenters. The van der Waals surface area contributed by atoms with Crippen molar-refractivity contribution in [2.75, 3.05) is 20.1 Å². The Morgan fingerprint density at radius 2 is 2.19 bits per heavy atom. The molecule has 2 rings (SSSR count). The van der Waals surface area contributed by atoms with Gasteiger partial charge >= 0.3 is 0 Å². The predicted molar refractivity (Wildman–Crippen MR) is 83.5 cm³/mol. The molecule has 1 saturated heterocycles. The zero-order valence-corrected chi connectivity index (χ0v) is 13.9. The highest BCUT2D eigenvalue weighted by molar-refractivity contribution is 7.89. The molecule has 0 bridgehead atoms. The standard InChI is InChI=1S/C14H26N4O2S/c1-11(2)18-10-14(7-13(18)8-15)21(19,20)16-9-12-5-4-6-17(12)3/h7,10-12,16H,4-6,8-9,15H2,1-3H3. The van der Waals surface area contributed by atoms with Crippen LogP contribution in [0.2, 0.25) is 0 Å². The van der Waals surface area contributed by atoms with Crippen LogP contribution in [0.3, 0.4) is 0 Å². The van der Waals surface area contributed by atoms with Crippen LogP contribution in [0.25, 0.3) is 0 Å². The van der Waals surface area contributed by atoms with Gasteiger partial charge < -0.3 is 15.2 Å². The molecule has 6 nitrogen and oxygen atoms in total. The first-order valence-corrected chi connectivity index (χ1v) is 8.94. The van der Waals surface area contributed by atoms with Crippen LogP contribution in [0, 0.1) is 0 Å². The average Bonchev–Trinajstić information content (AvgIpc) is 3.02. The molecular formula is C14H26N4O2S. The second-order valence-corrected chi connectivity index (χ2v) is 7.77. The summed E-state index contributed by atoms with van der Waals surface area (Å²) in [5.74, 6) is 0. The van der Waals surface area contributed by atoms with E-state index in [4.69, 9.17) is 5.73 Å². The van der Waals surface area contributed by atoms with E-state index in [2.05, 4.69) is 9.62 Å². The van der Waals surface area contributed by atoms with Gasteiger partial charge in [0.25, 0.3) is 0 Å². The van der Waals surface area contributed by atoms with E-state index in [1.807, 2.05) is 25.5 Å². The molecule has 7 heteroatoms. The van der Waals surface area contributed by atoms with Gasteiger partial charge in [-0.05, 0) is 46.3 Å². The van der Waals surface area contributed by atoms with Crippen molar-refractivity contribution in [1.29, 1.82) is 0 Å². The molecule has 1 fully saturated rings. The number of nitrogens with zero attached hydrogens (tertiary/aromatic N) is 2. The molecule has 0 spiro atoms. The lowest BCUT2D eigenvalue weighted by Crippen LogP contribution is -2.38. The molecule has 0 saturated carbocycles. The van der Waals surface area contributed by atoms with Gasteiger partial charge in [0.15, 0.2) is 0 Å². The van der Waals surface area contributed by atoms with Crippen molar-refractivity contribution in [3.63, 3.8) is 0 Å². The maximum absolute atomic E-state index is 12.4. The van der Waals surface area contributed by atoms with Crippen LogP contribution in [0.1, 0.15) is 38.4 Å². The zero-order valence-electron chi connectivity index (χ0n) is 13.0. The summed E-state index contributed by atoms with van der Waals surface area (Å²) in [5.41, 5.74) is 6.53. The number of likely N-dealkylation sites (N-methyl/N-ethyl adjacent to an activating group) is 1. The van der Waals surface area contributed by atoms with Crippen molar-refractivity contribution < 1.29 is 8.42 Å². The quantitative estimate of drug-likeness (QED) is 0.817. The van der Waals surface area contributed by atoms with Crippen LogP contribution in [0.5, 0.6) is 0 Å². The van der Waals surface area contributed by atoms with Gasteiger partial charge in [-0.2, -0.15) is 0 Å². The Bertz CT molecular complexity index is 580. The lowest BCUT2D eigenvalue weighted by atomic mass is 10.2. The minimum Gasteiger partial charge on any atom is -0.346 e. The number of sulfonamides is 1. The topological polar surface area (TPSA) is 80.4 Å². The Morgan fingerprint density at radius 3 is 2.67 bits per heavy atom. The molecule has 0 aliphatic carbocycles. The van der Waals surface area contributed by atoms with Gasteiger partial charge in [0.05, 0.1) is 4.90 Å². The molecule has 21 heavy (non-hydrogen) atoms. The van der Waals surface area contributed by atoms with Gasteiger partial charge in [0.2, 0.25) is 10.0 Å². The largest absolute Gasteiger partial charge is 0.346 e. The molecule has 120 valence electrons. The first kappa shape index (κ1) is 16.5. The van der Waals surface area contributed by atoms with Crippen LogP contribution in [-0.2, 0) is 16.6 Å². The van der Waals surface area contributed by atoms with Crippen molar-refractivity contribution in [1.82, 2.24) is 14.2 Å². The Balaban J connectivity index is 2.12. The Morgan fingerprint density at radius 1 is 1.48 bits per heavy atom. The summed E-state index contributed by atoms with van der Waals surface area (Å²) >= 11 is 0. The minimum absolute atomic E-state index is 0.188. The van der Waals surface area contributed by atoms with Crippen molar-refractivity contribution in [3.05, 3.63) is 18.0 Å². The lowest BCUT2D eigenvalue weighted by molar-refractivity contribution is 0.311. The highest BCUT2D eigenvalue weighted by atomic mass is 32.2. The van der Waals surface area contributed by atoms with Crippen molar-refractivity contribution in [3.8, 4) is 0 Å². The third-order valence-corrected chi connectivity index (χ3v) is 5.55. The molecule has 1 aliphatic heterocycles. The Hall–Kier alpha value is -0.890. The second kappa shape index (κ2) is 6.48. The number of hydrogen-bond acceptors (Lipinski definition) is 4. The summed E-state index contributed by atoms with van der Waals surface area (Å²) in [7, 11) is -1.43. The van der Waals surface area contributed by atoms with Gasteiger partial charge in [-0.25, -0.2) is 13.1 Å². The third-order valence-electron chi connectivity index (χ3n) is 4.16. The fraction of sp³-hybridized carbons (Fsp3) is 0.714. The van der Waals surface area contributed by atoms with E-state index in [1.165, 1.54) is 0 Å². The van der Waals surface area contributed by atoms with Crippen LogP contribution in [-0.4, -0.2) is 44.1 Å². The summed E-state index contributed by atoms with van der Waals surface area (Å²) in [4.78, 5) is 2.50. The summed E-state index contributed by atoms with van der Waals surface area (Å²) in [5, 5.41) is 0. The average molecular weight is 314 g/mol. The van der Waals surface area contributed by atoms with E-state index in [0.717, 1.165) is 25.1 Å². The summed E-state index contributed by atoms with van der Waals surface area (Å²) < 4.78 is 29.5. The molecule has 0 amide bonds. The number of likely N-dealkylation sites (tertiary alicyclic amines) is 1. The zero-order chi connectivity index (χ0) is 15.6. The van der Waals surface area contributed by atoms with Gasteiger partial charge in [-0.3, -0.25) is 0 Å². The van der Waals surface area contributed by atoms with Crippen molar-refractivity contribution in [2.45, 2.75) is 50.2 Å². The van der Waals surface area contributed by atoms with Gasteiger partial charge in [-0.1, -0.05) is 0 Å². The lowest BCUT2D eigenvalue weighted by Gasteiger charge is -2.19. The van der Waals surface area contributed by atoms with E-state index >= 15 is 0 Å². The van der Waals surface area contributed by atoms with E-state index in [-0.39, 0.29) is 6.04 Å². The molecule has 1 aromatic heterocycles. The number of nitrogens with two attached hydrogens (primary N) is 1. The summed E-state index contributed by atoms with van der Waals surface area (Å²) in [6, 6.07) is 2.15. The van der Waals surface area contributed by atoms with E-state index in [1.54, 1.807) is 12.3 Å². The number of hydrogen-bond donors (Lipinski definition) is 2. The maximum Gasteiger partial charge on any atom is 0.242 e. The highest BCUT2D eigenvalue weighted by Gasteiger charge is 2.24. The summed E-state index contributed by atoms with van der Waals surface area (Å²) in [6.07, 6.45) is 3.84. The molecular weight excluding hydrogens is 288 g/mol. The first-order chi connectivity index (χ1) is 9.85.